The van der Waals surface area contributed by atoms with Crippen molar-refractivity contribution in [2.24, 2.45) is 0 Å². The van der Waals surface area contributed by atoms with Gasteiger partial charge in [0, 0.05) is 6.54 Å². The van der Waals surface area contributed by atoms with Gasteiger partial charge in [-0.1, -0.05) is 19.8 Å². The molecule has 0 aliphatic heterocycles. The van der Waals surface area contributed by atoms with E-state index in [1.54, 1.807) is 0 Å². The number of unbranched alkanes of at least 4 members (excludes halogenated alkanes) is 2. The van der Waals surface area contributed by atoms with Gasteiger partial charge >= 0.3 is 6.36 Å². The molecule has 0 atom stereocenters. The summed E-state index contributed by atoms with van der Waals surface area (Å²) in [7, 11) is 0. The monoisotopic (exact) mass is 199 g/mol. The molecule has 0 saturated heterocycles. The van der Waals surface area contributed by atoms with Crippen molar-refractivity contribution in [3.8, 4) is 0 Å². The van der Waals surface area contributed by atoms with Crippen molar-refractivity contribution in [2.45, 2.75) is 32.5 Å². The maximum atomic E-state index is 11.4. The minimum absolute atomic E-state index is 0.253. The molecule has 0 aromatic carbocycles. The lowest BCUT2D eigenvalue weighted by molar-refractivity contribution is -0.323. The minimum Gasteiger partial charge on any atom is -0.314 e. The molecule has 0 unspecified atom stereocenters. The van der Waals surface area contributed by atoms with E-state index in [1.165, 1.54) is 0 Å². The SMILES string of the molecule is CCCCCNCCOC(F)(F)F. The molecule has 0 aliphatic carbocycles. The molecule has 2 nitrogen and oxygen atoms in total. The van der Waals surface area contributed by atoms with Gasteiger partial charge in [-0.25, -0.2) is 0 Å². The molecule has 0 aliphatic rings. The van der Waals surface area contributed by atoms with Crippen LogP contribution < -0.4 is 5.32 Å². The second-order valence-electron chi connectivity index (χ2n) is 2.75. The normalized spacial score (nSPS) is 12.0. The van der Waals surface area contributed by atoms with E-state index >= 15 is 0 Å². The van der Waals surface area contributed by atoms with E-state index in [2.05, 4.69) is 17.0 Å². The van der Waals surface area contributed by atoms with Crippen LogP contribution in [0.1, 0.15) is 26.2 Å². The average molecular weight is 199 g/mol. The van der Waals surface area contributed by atoms with Gasteiger partial charge in [-0.05, 0) is 13.0 Å². The fourth-order valence-corrected chi connectivity index (χ4v) is 0.864. The number of rotatable bonds is 7. The summed E-state index contributed by atoms with van der Waals surface area (Å²) in [6, 6.07) is 0. The van der Waals surface area contributed by atoms with Crippen molar-refractivity contribution in [1.29, 1.82) is 0 Å². The Morgan fingerprint density at radius 1 is 1.15 bits per heavy atom. The van der Waals surface area contributed by atoms with Crippen LogP contribution in [0.5, 0.6) is 0 Å². The average Bonchev–Trinajstić information content (AvgIpc) is 2.01. The van der Waals surface area contributed by atoms with Gasteiger partial charge in [-0.3, -0.25) is 4.74 Å². The van der Waals surface area contributed by atoms with Gasteiger partial charge in [0.25, 0.3) is 0 Å². The molecule has 5 heteroatoms. The lowest BCUT2D eigenvalue weighted by atomic mass is 10.2. The van der Waals surface area contributed by atoms with Crippen molar-refractivity contribution in [2.75, 3.05) is 19.7 Å². The smallest absolute Gasteiger partial charge is 0.314 e. The first-order valence-electron chi connectivity index (χ1n) is 4.47. The lowest BCUT2D eigenvalue weighted by Gasteiger charge is -2.07. The first-order chi connectivity index (χ1) is 6.06. The summed E-state index contributed by atoms with van der Waals surface area (Å²) in [6.45, 7) is 2.78. The second-order valence-corrected chi connectivity index (χ2v) is 2.75. The molecule has 0 spiro atoms. The summed E-state index contributed by atoms with van der Waals surface area (Å²) in [5, 5.41) is 2.87. The summed E-state index contributed by atoms with van der Waals surface area (Å²) in [6.07, 6.45) is -1.28. The van der Waals surface area contributed by atoms with Crippen LogP contribution in [0.4, 0.5) is 13.2 Å². The van der Waals surface area contributed by atoms with E-state index < -0.39 is 6.36 Å². The molecule has 0 aromatic heterocycles. The topological polar surface area (TPSA) is 21.3 Å². The van der Waals surface area contributed by atoms with E-state index in [4.69, 9.17) is 0 Å². The third-order valence-corrected chi connectivity index (χ3v) is 1.50. The maximum Gasteiger partial charge on any atom is 0.522 e. The molecular formula is C8H16F3NO. The number of nitrogens with one attached hydrogen (secondary N) is 1. The van der Waals surface area contributed by atoms with Crippen LogP contribution in [0.15, 0.2) is 0 Å². The third kappa shape index (κ3) is 11.7. The Balaban J connectivity index is 3.00. The summed E-state index contributed by atoms with van der Waals surface area (Å²) < 4.78 is 37.9. The van der Waals surface area contributed by atoms with Crippen molar-refractivity contribution < 1.29 is 17.9 Å². The van der Waals surface area contributed by atoms with Gasteiger partial charge in [-0.15, -0.1) is 13.2 Å². The summed E-state index contributed by atoms with van der Waals surface area (Å²) in [5.41, 5.74) is 0. The van der Waals surface area contributed by atoms with E-state index in [-0.39, 0.29) is 13.2 Å². The number of halogens is 3. The standard InChI is InChI=1S/C8H16F3NO/c1-2-3-4-5-12-6-7-13-8(9,10)11/h12H,2-7H2,1H3. The zero-order valence-electron chi connectivity index (χ0n) is 7.78. The van der Waals surface area contributed by atoms with Crippen LogP contribution in [-0.2, 0) is 4.74 Å². The Labute approximate surface area is 76.5 Å². The summed E-state index contributed by atoms with van der Waals surface area (Å²) in [5.74, 6) is 0. The summed E-state index contributed by atoms with van der Waals surface area (Å²) >= 11 is 0. The first kappa shape index (κ1) is 12.7. The Morgan fingerprint density at radius 2 is 1.85 bits per heavy atom. The molecule has 80 valence electrons. The minimum atomic E-state index is -4.49. The highest BCUT2D eigenvalue weighted by Gasteiger charge is 2.28. The first-order valence-corrected chi connectivity index (χ1v) is 4.47. The highest BCUT2D eigenvalue weighted by atomic mass is 19.4. The van der Waals surface area contributed by atoms with Crippen LogP contribution in [0.3, 0.4) is 0 Å². The van der Waals surface area contributed by atoms with Gasteiger partial charge < -0.3 is 5.32 Å². The van der Waals surface area contributed by atoms with Gasteiger partial charge in [-0.2, -0.15) is 0 Å². The van der Waals surface area contributed by atoms with Crippen molar-refractivity contribution >= 4 is 0 Å². The third-order valence-electron chi connectivity index (χ3n) is 1.50. The largest absolute Gasteiger partial charge is 0.522 e. The molecule has 13 heavy (non-hydrogen) atoms. The van der Waals surface area contributed by atoms with E-state index in [0.29, 0.717) is 0 Å². The Morgan fingerprint density at radius 3 is 2.38 bits per heavy atom. The zero-order valence-corrected chi connectivity index (χ0v) is 7.78. The fraction of sp³-hybridized carbons (Fsp3) is 1.00. The Hall–Kier alpha value is -0.290. The number of alkyl halides is 3. The van der Waals surface area contributed by atoms with E-state index in [9.17, 15) is 13.2 Å². The van der Waals surface area contributed by atoms with Gasteiger partial charge in [0.1, 0.15) is 0 Å². The molecule has 0 heterocycles. The molecule has 0 aromatic rings. The number of hydrogen-bond donors (Lipinski definition) is 1. The molecule has 0 fully saturated rings. The Bertz CT molecular complexity index is 116. The van der Waals surface area contributed by atoms with Crippen LogP contribution in [-0.4, -0.2) is 26.1 Å². The van der Waals surface area contributed by atoms with E-state index in [0.717, 1.165) is 25.8 Å². The molecule has 0 rings (SSSR count). The van der Waals surface area contributed by atoms with Crippen LogP contribution in [0.25, 0.3) is 0 Å². The maximum absolute atomic E-state index is 11.4. The van der Waals surface area contributed by atoms with Crippen LogP contribution in [0, 0.1) is 0 Å². The summed E-state index contributed by atoms with van der Waals surface area (Å²) in [4.78, 5) is 0. The molecule has 0 bridgehead atoms. The zero-order chi connectivity index (χ0) is 10.2. The molecule has 0 amide bonds. The molecular weight excluding hydrogens is 183 g/mol. The highest BCUT2D eigenvalue weighted by molar-refractivity contribution is 4.47. The predicted octanol–water partition coefficient (Wildman–Crippen LogP) is 2.30. The predicted molar refractivity (Wildman–Crippen MR) is 44.4 cm³/mol. The van der Waals surface area contributed by atoms with Crippen molar-refractivity contribution in [3.63, 3.8) is 0 Å². The molecule has 1 N–H and O–H groups in total. The quantitative estimate of drug-likeness (QED) is 0.635. The Kier molecular flexibility index (Phi) is 6.99. The van der Waals surface area contributed by atoms with Gasteiger partial charge in [0.05, 0.1) is 6.61 Å². The molecule has 0 saturated carbocycles. The molecule has 0 radical (unpaired) electrons. The van der Waals surface area contributed by atoms with Crippen LogP contribution in [0.2, 0.25) is 0 Å². The van der Waals surface area contributed by atoms with Crippen LogP contribution >= 0.6 is 0 Å². The fourth-order valence-electron chi connectivity index (χ4n) is 0.864. The van der Waals surface area contributed by atoms with Crippen molar-refractivity contribution in [3.05, 3.63) is 0 Å². The van der Waals surface area contributed by atoms with E-state index in [1.807, 2.05) is 0 Å². The van der Waals surface area contributed by atoms with Gasteiger partial charge in [0.15, 0.2) is 0 Å². The number of ether oxygens (including phenoxy) is 1. The lowest BCUT2D eigenvalue weighted by Crippen LogP contribution is -2.24. The number of hydrogen-bond acceptors (Lipinski definition) is 2. The highest BCUT2D eigenvalue weighted by Crippen LogP contribution is 2.14. The van der Waals surface area contributed by atoms with Crippen molar-refractivity contribution in [1.82, 2.24) is 5.32 Å². The second kappa shape index (κ2) is 7.15. The van der Waals surface area contributed by atoms with Gasteiger partial charge in [0.2, 0.25) is 0 Å².